The first-order valence-electron chi connectivity index (χ1n) is 7.59. The summed E-state index contributed by atoms with van der Waals surface area (Å²) in [4.78, 5) is 2.61. The Morgan fingerprint density at radius 3 is 2.41 bits per heavy atom. The number of hydrogen-bond donors (Lipinski definition) is 1. The van der Waals surface area contributed by atoms with Crippen molar-refractivity contribution in [1.29, 1.82) is 0 Å². The maximum Gasteiger partial charge on any atom is 0.00103 e. The second-order valence-corrected chi connectivity index (χ2v) is 6.61. The first-order chi connectivity index (χ1) is 8.13. The maximum atomic E-state index is 3.54. The average molecular weight is 238 g/mol. The molecule has 1 aliphatic carbocycles. The van der Waals surface area contributed by atoms with E-state index in [0.717, 1.165) is 11.3 Å². The summed E-state index contributed by atoms with van der Waals surface area (Å²) in [6.45, 7) is 11.9. The van der Waals surface area contributed by atoms with Gasteiger partial charge in [0.25, 0.3) is 0 Å². The van der Waals surface area contributed by atoms with Crippen molar-refractivity contribution in [1.82, 2.24) is 10.2 Å². The lowest BCUT2D eigenvalue weighted by atomic mass is 9.57. The fourth-order valence-electron chi connectivity index (χ4n) is 3.70. The molecule has 17 heavy (non-hydrogen) atoms. The van der Waals surface area contributed by atoms with Crippen LogP contribution >= 0.6 is 0 Å². The largest absolute Gasteiger partial charge is 0.315 e. The maximum absolute atomic E-state index is 3.54. The minimum absolute atomic E-state index is 0.650. The van der Waals surface area contributed by atoms with Gasteiger partial charge in [0, 0.05) is 6.04 Å². The second kappa shape index (κ2) is 5.71. The SMILES string of the molecule is CCN1CCC2(CC1)CC(CCNC(C)C)C2. The first kappa shape index (κ1) is 13.4. The van der Waals surface area contributed by atoms with Crippen molar-refractivity contribution in [2.45, 2.75) is 58.9 Å². The van der Waals surface area contributed by atoms with E-state index in [4.69, 9.17) is 0 Å². The molecule has 2 fully saturated rings. The molecule has 0 bridgehead atoms. The summed E-state index contributed by atoms with van der Waals surface area (Å²) in [6, 6.07) is 0.650. The Balaban J connectivity index is 1.61. The Kier molecular flexibility index (Phi) is 4.48. The molecule has 0 aromatic heterocycles. The number of nitrogens with one attached hydrogen (secondary N) is 1. The number of hydrogen-bond acceptors (Lipinski definition) is 2. The first-order valence-corrected chi connectivity index (χ1v) is 7.59. The molecule has 1 saturated heterocycles. The lowest BCUT2D eigenvalue weighted by Gasteiger charge is -2.52. The molecule has 0 radical (unpaired) electrons. The number of nitrogens with zero attached hydrogens (tertiary/aromatic N) is 1. The molecular formula is C15H30N2. The predicted molar refractivity (Wildman–Crippen MR) is 74.3 cm³/mol. The van der Waals surface area contributed by atoms with Gasteiger partial charge in [0.05, 0.1) is 0 Å². The minimum Gasteiger partial charge on any atom is -0.315 e. The fourth-order valence-corrected chi connectivity index (χ4v) is 3.70. The zero-order valence-corrected chi connectivity index (χ0v) is 12.0. The van der Waals surface area contributed by atoms with E-state index in [1.54, 1.807) is 0 Å². The number of likely N-dealkylation sites (tertiary alicyclic amines) is 1. The Bertz CT molecular complexity index is 221. The van der Waals surface area contributed by atoms with E-state index >= 15 is 0 Å². The quantitative estimate of drug-likeness (QED) is 0.792. The van der Waals surface area contributed by atoms with Crippen LogP contribution in [-0.4, -0.2) is 37.1 Å². The Morgan fingerprint density at radius 1 is 1.24 bits per heavy atom. The van der Waals surface area contributed by atoms with E-state index in [0.29, 0.717) is 6.04 Å². The molecule has 1 aliphatic heterocycles. The second-order valence-electron chi connectivity index (χ2n) is 6.61. The van der Waals surface area contributed by atoms with Gasteiger partial charge in [-0.2, -0.15) is 0 Å². The van der Waals surface area contributed by atoms with Gasteiger partial charge in [0.15, 0.2) is 0 Å². The third-order valence-corrected chi connectivity index (χ3v) is 4.91. The Morgan fingerprint density at radius 2 is 1.88 bits per heavy atom. The van der Waals surface area contributed by atoms with Crippen LogP contribution in [0.25, 0.3) is 0 Å². The molecule has 0 unspecified atom stereocenters. The molecule has 2 rings (SSSR count). The van der Waals surface area contributed by atoms with Crippen LogP contribution in [0.2, 0.25) is 0 Å². The van der Waals surface area contributed by atoms with Crippen LogP contribution in [0.15, 0.2) is 0 Å². The van der Waals surface area contributed by atoms with Gasteiger partial charge in [0.1, 0.15) is 0 Å². The number of rotatable bonds is 5. The van der Waals surface area contributed by atoms with Crippen LogP contribution in [0.3, 0.4) is 0 Å². The molecule has 2 heteroatoms. The van der Waals surface area contributed by atoms with Gasteiger partial charge in [-0.25, -0.2) is 0 Å². The van der Waals surface area contributed by atoms with Crippen LogP contribution in [0, 0.1) is 11.3 Å². The molecule has 2 nitrogen and oxygen atoms in total. The monoisotopic (exact) mass is 238 g/mol. The van der Waals surface area contributed by atoms with Crippen molar-refractivity contribution >= 4 is 0 Å². The van der Waals surface area contributed by atoms with E-state index in [9.17, 15) is 0 Å². The van der Waals surface area contributed by atoms with Crippen molar-refractivity contribution in [2.24, 2.45) is 11.3 Å². The van der Waals surface area contributed by atoms with Gasteiger partial charge in [-0.15, -0.1) is 0 Å². The Labute approximate surface area is 107 Å². The molecule has 1 heterocycles. The van der Waals surface area contributed by atoms with Crippen LogP contribution in [0.4, 0.5) is 0 Å². The van der Waals surface area contributed by atoms with Gasteiger partial charge in [0.2, 0.25) is 0 Å². The topological polar surface area (TPSA) is 15.3 Å². The minimum atomic E-state index is 0.650. The lowest BCUT2D eigenvalue weighted by Crippen LogP contribution is -2.47. The van der Waals surface area contributed by atoms with Crippen LogP contribution in [0.5, 0.6) is 0 Å². The van der Waals surface area contributed by atoms with Crippen molar-refractivity contribution in [2.75, 3.05) is 26.2 Å². The van der Waals surface area contributed by atoms with Gasteiger partial charge >= 0.3 is 0 Å². The normalized spacial score (nSPS) is 25.4. The number of piperidine rings is 1. The third kappa shape index (κ3) is 3.45. The van der Waals surface area contributed by atoms with E-state index < -0.39 is 0 Å². The summed E-state index contributed by atoms with van der Waals surface area (Å²) in [5.74, 6) is 1.02. The molecule has 0 aromatic carbocycles. The Hall–Kier alpha value is -0.0800. The van der Waals surface area contributed by atoms with Gasteiger partial charge in [-0.1, -0.05) is 20.8 Å². The van der Waals surface area contributed by atoms with Gasteiger partial charge in [-0.05, 0) is 69.6 Å². The van der Waals surface area contributed by atoms with E-state index in [-0.39, 0.29) is 0 Å². The summed E-state index contributed by atoms with van der Waals surface area (Å²) in [7, 11) is 0. The summed E-state index contributed by atoms with van der Waals surface area (Å²) in [5, 5.41) is 3.54. The van der Waals surface area contributed by atoms with Crippen LogP contribution in [0.1, 0.15) is 52.9 Å². The molecule has 0 amide bonds. The van der Waals surface area contributed by atoms with E-state index in [1.807, 2.05) is 0 Å². The van der Waals surface area contributed by atoms with Crippen molar-refractivity contribution in [3.05, 3.63) is 0 Å². The van der Waals surface area contributed by atoms with Crippen molar-refractivity contribution in [3.63, 3.8) is 0 Å². The highest BCUT2D eigenvalue weighted by atomic mass is 15.1. The van der Waals surface area contributed by atoms with Crippen LogP contribution in [-0.2, 0) is 0 Å². The van der Waals surface area contributed by atoms with E-state index in [1.165, 1.54) is 58.3 Å². The molecule has 1 saturated carbocycles. The molecular weight excluding hydrogens is 208 g/mol. The zero-order valence-electron chi connectivity index (χ0n) is 12.0. The van der Waals surface area contributed by atoms with Crippen molar-refractivity contribution in [3.8, 4) is 0 Å². The van der Waals surface area contributed by atoms with Crippen molar-refractivity contribution < 1.29 is 0 Å². The standard InChI is InChI=1S/C15H30N2/c1-4-17-9-6-15(7-10-17)11-14(12-15)5-8-16-13(2)3/h13-14,16H,4-12H2,1-3H3. The molecule has 1 spiro atoms. The highest BCUT2D eigenvalue weighted by molar-refractivity contribution is 4.96. The highest BCUT2D eigenvalue weighted by Gasteiger charge is 2.44. The summed E-state index contributed by atoms with van der Waals surface area (Å²) >= 11 is 0. The van der Waals surface area contributed by atoms with E-state index in [2.05, 4.69) is 31.0 Å². The van der Waals surface area contributed by atoms with Gasteiger partial charge < -0.3 is 10.2 Å². The van der Waals surface area contributed by atoms with Crippen LogP contribution < -0.4 is 5.32 Å². The van der Waals surface area contributed by atoms with Gasteiger partial charge in [-0.3, -0.25) is 0 Å². The lowest BCUT2D eigenvalue weighted by molar-refractivity contribution is -0.0146. The molecule has 0 atom stereocenters. The summed E-state index contributed by atoms with van der Waals surface area (Å²) in [5.41, 5.74) is 0.772. The molecule has 1 N–H and O–H groups in total. The predicted octanol–water partition coefficient (Wildman–Crippen LogP) is 2.89. The highest BCUT2D eigenvalue weighted by Crippen LogP contribution is 2.53. The molecule has 0 aromatic rings. The summed E-state index contributed by atoms with van der Waals surface area (Å²) in [6.07, 6.45) is 7.37. The molecule has 2 aliphatic rings. The smallest absolute Gasteiger partial charge is 0.00103 e. The molecule has 100 valence electrons. The third-order valence-electron chi connectivity index (χ3n) is 4.91. The average Bonchev–Trinajstić information content (AvgIpc) is 2.27. The fraction of sp³-hybridized carbons (Fsp3) is 1.00. The summed E-state index contributed by atoms with van der Waals surface area (Å²) < 4.78 is 0. The zero-order chi connectivity index (χ0) is 12.3.